The summed E-state index contributed by atoms with van der Waals surface area (Å²) in [5, 5.41) is 0. The van der Waals surface area contributed by atoms with Crippen molar-refractivity contribution in [3.63, 3.8) is 0 Å². The topological polar surface area (TPSA) is 46.6 Å². The highest BCUT2D eigenvalue weighted by molar-refractivity contribution is 7.91. The molecule has 1 aliphatic heterocycles. The van der Waals surface area contributed by atoms with E-state index in [1.165, 1.54) is 4.31 Å². The summed E-state index contributed by atoms with van der Waals surface area (Å²) >= 11 is 6.97. The molecule has 7 heteroatoms. The van der Waals surface area contributed by atoms with Crippen LogP contribution in [0.2, 0.25) is 4.34 Å². The maximum Gasteiger partial charge on any atom is 0.252 e. The van der Waals surface area contributed by atoms with Crippen molar-refractivity contribution < 1.29 is 13.2 Å². The van der Waals surface area contributed by atoms with E-state index in [9.17, 15) is 8.42 Å². The minimum atomic E-state index is -3.51. The van der Waals surface area contributed by atoms with Gasteiger partial charge in [0.05, 0.1) is 16.5 Å². The quantitative estimate of drug-likeness (QED) is 0.827. The number of sulfonamides is 1. The lowest BCUT2D eigenvalue weighted by Gasteiger charge is -2.35. The molecule has 2 aromatic rings. The van der Waals surface area contributed by atoms with E-state index >= 15 is 0 Å². The van der Waals surface area contributed by atoms with Crippen molar-refractivity contribution in [1.82, 2.24) is 4.31 Å². The molecule has 0 aliphatic carbocycles. The monoisotopic (exact) mass is 371 g/mol. The molecule has 2 heterocycles. The molecule has 23 heavy (non-hydrogen) atoms. The molecule has 0 bridgehead atoms. The third kappa shape index (κ3) is 3.95. The molecule has 1 aromatic heterocycles. The summed E-state index contributed by atoms with van der Waals surface area (Å²) in [7, 11) is -3.51. The molecule has 124 valence electrons. The summed E-state index contributed by atoms with van der Waals surface area (Å²) in [4.78, 5) is 0. The molecule has 0 saturated carbocycles. The summed E-state index contributed by atoms with van der Waals surface area (Å²) in [5.41, 5.74) is 1.14. The Kier molecular flexibility index (Phi) is 5.08. The van der Waals surface area contributed by atoms with Crippen molar-refractivity contribution in [3.05, 3.63) is 52.4 Å². The second-order valence-corrected chi connectivity index (χ2v) is 9.52. The van der Waals surface area contributed by atoms with Gasteiger partial charge in [0.1, 0.15) is 4.21 Å². The van der Waals surface area contributed by atoms with Crippen LogP contribution < -0.4 is 0 Å². The molecule has 0 radical (unpaired) electrons. The van der Waals surface area contributed by atoms with Gasteiger partial charge < -0.3 is 4.74 Å². The van der Waals surface area contributed by atoms with Crippen LogP contribution in [0.25, 0.3) is 0 Å². The molecule has 2 atom stereocenters. The number of rotatable bonds is 4. The molecular weight excluding hydrogens is 354 g/mol. The molecule has 1 fully saturated rings. The molecule has 1 saturated heterocycles. The van der Waals surface area contributed by atoms with E-state index in [0.29, 0.717) is 23.8 Å². The summed E-state index contributed by atoms with van der Waals surface area (Å²) in [6.07, 6.45) is 0.414. The molecule has 3 rings (SSSR count). The average molecular weight is 372 g/mol. The first-order valence-corrected chi connectivity index (χ1v) is 10.0. The van der Waals surface area contributed by atoms with Crippen LogP contribution in [0.3, 0.4) is 0 Å². The SMILES string of the molecule is CC1CN(S(=O)(=O)c2ccc(Cl)s2)CC(Cc2ccccc2)O1. The first-order chi connectivity index (χ1) is 10.9. The second kappa shape index (κ2) is 6.91. The lowest BCUT2D eigenvalue weighted by molar-refractivity contribution is -0.0528. The van der Waals surface area contributed by atoms with Gasteiger partial charge in [0.25, 0.3) is 10.0 Å². The van der Waals surface area contributed by atoms with Gasteiger partial charge in [-0.1, -0.05) is 41.9 Å². The third-order valence-corrected chi connectivity index (χ3v) is 7.27. The summed E-state index contributed by atoms with van der Waals surface area (Å²) < 4.78 is 33.7. The van der Waals surface area contributed by atoms with E-state index in [4.69, 9.17) is 16.3 Å². The Balaban J connectivity index is 1.78. The normalized spacial score (nSPS) is 23.0. The van der Waals surface area contributed by atoms with Gasteiger partial charge in [0.2, 0.25) is 0 Å². The van der Waals surface area contributed by atoms with E-state index in [2.05, 4.69) is 0 Å². The predicted molar refractivity (Wildman–Crippen MR) is 92.6 cm³/mol. The number of morpholine rings is 1. The minimum absolute atomic E-state index is 0.136. The Morgan fingerprint density at radius 2 is 1.96 bits per heavy atom. The first-order valence-electron chi connectivity index (χ1n) is 7.40. The Morgan fingerprint density at radius 3 is 2.61 bits per heavy atom. The van der Waals surface area contributed by atoms with Crippen LogP contribution in [0.5, 0.6) is 0 Å². The van der Waals surface area contributed by atoms with Gasteiger partial charge in [-0.05, 0) is 31.0 Å². The van der Waals surface area contributed by atoms with E-state index in [1.807, 2.05) is 37.3 Å². The van der Waals surface area contributed by atoms with Crippen molar-refractivity contribution in [3.8, 4) is 0 Å². The van der Waals surface area contributed by atoms with E-state index < -0.39 is 10.0 Å². The van der Waals surface area contributed by atoms with Gasteiger partial charge in [-0.3, -0.25) is 0 Å². The van der Waals surface area contributed by atoms with Crippen LogP contribution in [-0.2, 0) is 21.2 Å². The number of ether oxygens (including phenoxy) is 1. The zero-order chi connectivity index (χ0) is 16.4. The highest BCUT2D eigenvalue weighted by Crippen LogP contribution is 2.30. The van der Waals surface area contributed by atoms with E-state index in [-0.39, 0.29) is 16.4 Å². The number of hydrogen-bond donors (Lipinski definition) is 0. The van der Waals surface area contributed by atoms with E-state index in [0.717, 1.165) is 16.9 Å². The molecule has 0 amide bonds. The van der Waals surface area contributed by atoms with E-state index in [1.54, 1.807) is 12.1 Å². The lowest BCUT2D eigenvalue weighted by atomic mass is 10.1. The number of hydrogen-bond acceptors (Lipinski definition) is 4. The molecule has 1 aromatic carbocycles. The van der Waals surface area contributed by atoms with Gasteiger partial charge in [-0.2, -0.15) is 4.31 Å². The predicted octanol–water partition coefficient (Wildman–Crippen LogP) is 3.42. The van der Waals surface area contributed by atoms with Crippen LogP contribution in [0.1, 0.15) is 12.5 Å². The average Bonchev–Trinajstić information content (AvgIpc) is 2.95. The van der Waals surface area contributed by atoms with Crippen molar-refractivity contribution in [2.45, 2.75) is 29.8 Å². The second-order valence-electron chi connectivity index (χ2n) is 5.64. The number of benzene rings is 1. The zero-order valence-electron chi connectivity index (χ0n) is 12.7. The fourth-order valence-corrected chi connectivity index (χ4v) is 5.94. The van der Waals surface area contributed by atoms with Gasteiger partial charge >= 0.3 is 0 Å². The van der Waals surface area contributed by atoms with Crippen LogP contribution in [-0.4, -0.2) is 38.0 Å². The van der Waals surface area contributed by atoms with Gasteiger partial charge in [0, 0.05) is 13.1 Å². The molecule has 4 nitrogen and oxygen atoms in total. The Labute approximate surface area is 145 Å². The standard InChI is InChI=1S/C16H18ClNO3S2/c1-12-10-18(23(19,20)16-8-7-15(17)22-16)11-14(21-12)9-13-5-3-2-4-6-13/h2-8,12,14H,9-11H2,1H3. The van der Waals surface area contributed by atoms with Gasteiger partial charge in [0.15, 0.2) is 0 Å². The lowest BCUT2D eigenvalue weighted by Crippen LogP contribution is -2.49. The minimum Gasteiger partial charge on any atom is -0.372 e. The van der Waals surface area contributed by atoms with Gasteiger partial charge in [-0.25, -0.2) is 8.42 Å². The summed E-state index contributed by atoms with van der Waals surface area (Å²) in [6.45, 7) is 2.63. The van der Waals surface area contributed by atoms with Crippen LogP contribution >= 0.6 is 22.9 Å². The molecule has 2 unspecified atom stereocenters. The van der Waals surface area contributed by atoms with Crippen molar-refractivity contribution in [2.24, 2.45) is 0 Å². The highest BCUT2D eigenvalue weighted by atomic mass is 35.5. The smallest absolute Gasteiger partial charge is 0.252 e. The van der Waals surface area contributed by atoms with Gasteiger partial charge in [-0.15, -0.1) is 11.3 Å². The summed E-state index contributed by atoms with van der Waals surface area (Å²) in [5.74, 6) is 0. The maximum absolute atomic E-state index is 12.8. The van der Waals surface area contributed by atoms with Crippen molar-refractivity contribution in [1.29, 1.82) is 0 Å². The van der Waals surface area contributed by atoms with Crippen LogP contribution in [0.4, 0.5) is 0 Å². The largest absolute Gasteiger partial charge is 0.372 e. The fraction of sp³-hybridized carbons (Fsp3) is 0.375. The number of halogens is 1. The fourth-order valence-electron chi connectivity index (χ4n) is 2.75. The number of nitrogens with zero attached hydrogens (tertiary/aromatic N) is 1. The highest BCUT2D eigenvalue weighted by Gasteiger charge is 2.34. The zero-order valence-corrected chi connectivity index (χ0v) is 15.1. The third-order valence-electron chi connectivity index (χ3n) is 3.74. The molecular formula is C16H18ClNO3S2. The van der Waals surface area contributed by atoms with Crippen LogP contribution in [0, 0.1) is 0 Å². The Bertz CT molecular complexity index is 761. The first kappa shape index (κ1) is 16.9. The van der Waals surface area contributed by atoms with Crippen molar-refractivity contribution in [2.75, 3.05) is 13.1 Å². The molecule has 0 spiro atoms. The molecule has 1 aliphatic rings. The van der Waals surface area contributed by atoms with Crippen molar-refractivity contribution >= 4 is 33.0 Å². The molecule has 0 N–H and O–H groups in total. The summed E-state index contributed by atoms with van der Waals surface area (Å²) in [6, 6.07) is 13.2. The van der Waals surface area contributed by atoms with Crippen LogP contribution in [0.15, 0.2) is 46.7 Å². The Hall–Kier alpha value is -0.920. The number of thiophene rings is 1. The Morgan fingerprint density at radius 1 is 1.22 bits per heavy atom. The maximum atomic E-state index is 12.8.